The van der Waals surface area contributed by atoms with Gasteiger partial charge in [-0.3, -0.25) is 4.79 Å². The zero-order valence-electron chi connectivity index (χ0n) is 16.6. The van der Waals surface area contributed by atoms with Crippen molar-refractivity contribution in [3.63, 3.8) is 0 Å². The summed E-state index contributed by atoms with van der Waals surface area (Å²) in [7, 11) is 0. The van der Waals surface area contributed by atoms with E-state index in [9.17, 15) is 9.90 Å². The average Bonchev–Trinajstić information content (AvgIpc) is 3.26. The Kier molecular flexibility index (Phi) is 7.64. The van der Waals surface area contributed by atoms with Crippen LogP contribution in [0, 0.1) is 0 Å². The van der Waals surface area contributed by atoms with Crippen molar-refractivity contribution < 1.29 is 9.90 Å². The van der Waals surface area contributed by atoms with E-state index in [-0.39, 0.29) is 17.4 Å². The van der Waals surface area contributed by atoms with E-state index in [0.29, 0.717) is 15.7 Å². The lowest BCUT2D eigenvalue weighted by atomic mass is 10.0. The van der Waals surface area contributed by atoms with Crippen LogP contribution in [0.2, 0.25) is 5.02 Å². The molecule has 0 aliphatic heterocycles. The van der Waals surface area contributed by atoms with E-state index in [0.717, 1.165) is 25.7 Å². The average molecular weight is 501 g/mol. The van der Waals surface area contributed by atoms with E-state index in [1.54, 1.807) is 17.8 Å². The summed E-state index contributed by atoms with van der Waals surface area (Å²) in [6.07, 6.45) is 1.45. The highest BCUT2D eigenvalue weighted by molar-refractivity contribution is 8.03. The van der Waals surface area contributed by atoms with Gasteiger partial charge in [0.1, 0.15) is 5.75 Å². The molecular weight excluding hydrogens is 484 g/mol. The van der Waals surface area contributed by atoms with Gasteiger partial charge in [-0.25, -0.2) is 5.43 Å². The summed E-state index contributed by atoms with van der Waals surface area (Å²) >= 11 is 10.5. The maximum absolute atomic E-state index is 12.1. The van der Waals surface area contributed by atoms with Gasteiger partial charge >= 0.3 is 0 Å². The second kappa shape index (κ2) is 10.8. The molecule has 2 N–H and O–H groups in total. The molecule has 0 aliphatic rings. The summed E-state index contributed by atoms with van der Waals surface area (Å²) in [6.45, 7) is 0. The number of carbonyl (C=O) groups excluding carboxylic acids is 1. The van der Waals surface area contributed by atoms with Crippen LogP contribution in [0.5, 0.6) is 5.75 Å². The summed E-state index contributed by atoms with van der Waals surface area (Å²) in [4.78, 5) is 12.1. The molecule has 3 aromatic carbocycles. The fraction of sp³-hybridized carbons (Fsp3) is 0.0909. The predicted octanol–water partition coefficient (Wildman–Crippen LogP) is 5.59. The van der Waals surface area contributed by atoms with Crippen LogP contribution in [0.3, 0.4) is 0 Å². The van der Waals surface area contributed by atoms with Gasteiger partial charge in [0.05, 0.1) is 12.0 Å². The number of fused-ring (bicyclic) bond motifs is 1. The van der Waals surface area contributed by atoms with Gasteiger partial charge in [-0.05, 0) is 28.5 Å². The number of aromatic hydroxyl groups is 1. The molecule has 0 fully saturated rings. The maximum atomic E-state index is 12.1. The fourth-order valence-electron chi connectivity index (χ4n) is 2.82. The number of carbonyl (C=O) groups is 1. The first kappa shape index (κ1) is 22.6. The van der Waals surface area contributed by atoms with Gasteiger partial charge in [-0.2, -0.15) is 5.10 Å². The van der Waals surface area contributed by atoms with Gasteiger partial charge < -0.3 is 5.11 Å². The van der Waals surface area contributed by atoms with Crippen molar-refractivity contribution in [3.05, 3.63) is 76.8 Å². The Morgan fingerprint density at radius 3 is 2.66 bits per heavy atom. The van der Waals surface area contributed by atoms with Crippen LogP contribution in [0.4, 0.5) is 0 Å². The lowest BCUT2D eigenvalue weighted by Crippen LogP contribution is -2.19. The van der Waals surface area contributed by atoms with E-state index >= 15 is 0 Å². The number of rotatable bonds is 8. The predicted molar refractivity (Wildman–Crippen MR) is 133 cm³/mol. The largest absolute Gasteiger partial charge is 0.507 e. The van der Waals surface area contributed by atoms with Gasteiger partial charge in [0.2, 0.25) is 0 Å². The smallest absolute Gasteiger partial charge is 0.250 e. The highest BCUT2D eigenvalue weighted by Gasteiger charge is 2.10. The number of benzene rings is 3. The normalized spacial score (nSPS) is 11.3. The lowest BCUT2D eigenvalue weighted by Gasteiger charge is -2.04. The molecule has 0 atom stereocenters. The van der Waals surface area contributed by atoms with Crippen LogP contribution >= 0.6 is 46.5 Å². The molecule has 4 aromatic rings. The second-order valence-corrected chi connectivity index (χ2v) is 10.3. The van der Waals surface area contributed by atoms with E-state index in [1.807, 2.05) is 54.6 Å². The Hall–Kier alpha value is -2.59. The Morgan fingerprint density at radius 2 is 1.81 bits per heavy atom. The molecule has 6 nitrogen and oxygen atoms in total. The highest BCUT2D eigenvalue weighted by atomic mass is 35.5. The van der Waals surface area contributed by atoms with Crippen LogP contribution < -0.4 is 5.43 Å². The zero-order chi connectivity index (χ0) is 22.3. The summed E-state index contributed by atoms with van der Waals surface area (Å²) in [5.41, 5.74) is 4.08. The van der Waals surface area contributed by atoms with Gasteiger partial charge in [0, 0.05) is 16.3 Å². The first-order valence-electron chi connectivity index (χ1n) is 9.45. The number of nitrogens with zero attached hydrogens (tertiary/aromatic N) is 3. The number of hydrogen-bond acceptors (Lipinski definition) is 8. The molecule has 0 bridgehead atoms. The van der Waals surface area contributed by atoms with Crippen molar-refractivity contribution in [2.45, 2.75) is 14.4 Å². The highest BCUT2D eigenvalue weighted by Crippen LogP contribution is 2.32. The molecule has 162 valence electrons. The van der Waals surface area contributed by atoms with E-state index in [2.05, 4.69) is 20.7 Å². The van der Waals surface area contributed by atoms with Crippen LogP contribution in [0.1, 0.15) is 11.1 Å². The molecule has 10 heteroatoms. The van der Waals surface area contributed by atoms with Crippen molar-refractivity contribution in [3.8, 4) is 5.75 Å². The molecule has 1 aromatic heterocycles. The number of aromatic nitrogens is 2. The number of phenolic OH excluding ortho intramolecular Hbond substituents is 1. The molecule has 0 spiro atoms. The van der Waals surface area contributed by atoms with Crippen LogP contribution in [-0.4, -0.2) is 33.2 Å². The molecule has 0 radical (unpaired) electrons. The quantitative estimate of drug-likeness (QED) is 0.186. The number of halogens is 1. The van der Waals surface area contributed by atoms with Gasteiger partial charge in [0.25, 0.3) is 5.91 Å². The third kappa shape index (κ3) is 5.80. The zero-order valence-corrected chi connectivity index (χ0v) is 19.8. The van der Waals surface area contributed by atoms with Crippen LogP contribution in [0.25, 0.3) is 10.8 Å². The molecule has 0 saturated heterocycles. The van der Waals surface area contributed by atoms with E-state index in [4.69, 9.17) is 11.6 Å². The minimum Gasteiger partial charge on any atom is -0.507 e. The maximum Gasteiger partial charge on any atom is 0.250 e. The number of hydrazone groups is 1. The number of nitrogens with one attached hydrogen (secondary N) is 1. The molecule has 1 amide bonds. The molecule has 4 rings (SSSR count). The number of thioether (sulfide) groups is 2. The summed E-state index contributed by atoms with van der Waals surface area (Å²) in [5, 5.41) is 25.0. The molecule has 32 heavy (non-hydrogen) atoms. The first-order chi connectivity index (χ1) is 15.6. The standard InChI is InChI=1S/C22H17ClN4O2S3/c23-18-8-4-2-6-15(18)12-30-21-26-27-22(32-21)31-13-20(29)25-24-11-17-16-7-3-1-5-14(16)9-10-19(17)28/h1-11,28H,12-13H2,(H,25,29). The summed E-state index contributed by atoms with van der Waals surface area (Å²) in [5.74, 6) is 0.691. The third-order valence-corrected chi connectivity index (χ3v) is 7.96. The Morgan fingerprint density at radius 1 is 1.06 bits per heavy atom. The van der Waals surface area contributed by atoms with Crippen molar-refractivity contribution in [1.29, 1.82) is 0 Å². The van der Waals surface area contributed by atoms with E-state index in [1.165, 1.54) is 29.3 Å². The van der Waals surface area contributed by atoms with Crippen molar-refractivity contribution in [2.75, 3.05) is 5.75 Å². The van der Waals surface area contributed by atoms with Crippen molar-refractivity contribution >= 4 is 69.4 Å². The SMILES string of the molecule is O=C(CSc1nnc(SCc2ccccc2Cl)s1)NN=Cc1c(O)ccc2ccccc12. The first-order valence-corrected chi connectivity index (χ1v) is 12.6. The molecular formula is C22H17ClN4O2S3. The van der Waals surface area contributed by atoms with Gasteiger partial charge in [-0.1, -0.05) is 95.0 Å². The Bertz CT molecular complexity index is 1280. The monoisotopic (exact) mass is 500 g/mol. The number of amides is 1. The number of hydrogen-bond donors (Lipinski definition) is 2. The molecule has 1 heterocycles. The summed E-state index contributed by atoms with van der Waals surface area (Å²) in [6, 6.07) is 18.8. The summed E-state index contributed by atoms with van der Waals surface area (Å²) < 4.78 is 1.52. The number of phenols is 1. The molecule has 0 aliphatic carbocycles. The topological polar surface area (TPSA) is 87.5 Å². The molecule has 0 saturated carbocycles. The Balaban J connectivity index is 1.28. The second-order valence-electron chi connectivity index (χ2n) is 6.52. The minimum absolute atomic E-state index is 0.103. The van der Waals surface area contributed by atoms with Gasteiger partial charge in [0.15, 0.2) is 8.68 Å². The lowest BCUT2D eigenvalue weighted by molar-refractivity contribution is -0.118. The third-order valence-electron chi connectivity index (χ3n) is 4.35. The van der Waals surface area contributed by atoms with Crippen LogP contribution in [0.15, 0.2) is 74.4 Å². The van der Waals surface area contributed by atoms with Crippen LogP contribution in [-0.2, 0) is 10.5 Å². The molecule has 0 unspecified atom stereocenters. The fourth-order valence-corrected chi connectivity index (χ4v) is 5.92. The van der Waals surface area contributed by atoms with Crippen molar-refractivity contribution in [2.24, 2.45) is 5.10 Å². The van der Waals surface area contributed by atoms with Crippen molar-refractivity contribution in [1.82, 2.24) is 15.6 Å². The van der Waals surface area contributed by atoms with E-state index < -0.39 is 0 Å². The minimum atomic E-state index is -0.272. The van der Waals surface area contributed by atoms with Gasteiger partial charge in [-0.15, -0.1) is 10.2 Å². The Labute approximate surface area is 202 Å².